The van der Waals surface area contributed by atoms with Gasteiger partial charge in [0.2, 0.25) is 0 Å². The van der Waals surface area contributed by atoms with Crippen LogP contribution in [0.5, 0.6) is 0 Å². The number of aliphatic imine (C=N–C) groups is 1. The Bertz CT molecular complexity index is 522. The van der Waals surface area contributed by atoms with E-state index in [1.807, 2.05) is 31.2 Å². The summed E-state index contributed by atoms with van der Waals surface area (Å²) in [6.45, 7) is 9.54. The normalized spacial score (nSPS) is 28.3. The Labute approximate surface area is 128 Å². The third-order valence-corrected chi connectivity index (χ3v) is 4.23. The van der Waals surface area contributed by atoms with Crippen molar-refractivity contribution in [3.8, 4) is 6.07 Å². The SMILES string of the molecule is C=NC=CC=C(C)C(C#N)C(C)C1C=CC=CC1(C)OC. The zero-order valence-corrected chi connectivity index (χ0v) is 13.3. The molecule has 0 aromatic carbocycles. The van der Waals surface area contributed by atoms with E-state index in [2.05, 4.69) is 43.8 Å². The highest BCUT2D eigenvalue weighted by molar-refractivity contribution is 5.28. The number of nitrogens with zero attached hydrogens (tertiary/aromatic N) is 2. The van der Waals surface area contributed by atoms with E-state index in [1.54, 1.807) is 13.3 Å². The minimum atomic E-state index is -0.373. The first-order valence-electron chi connectivity index (χ1n) is 7.10. The molecule has 4 unspecified atom stereocenters. The van der Waals surface area contributed by atoms with E-state index in [4.69, 9.17) is 4.74 Å². The molecule has 0 fully saturated rings. The van der Waals surface area contributed by atoms with Gasteiger partial charge in [0.05, 0.1) is 17.6 Å². The van der Waals surface area contributed by atoms with E-state index < -0.39 is 0 Å². The van der Waals surface area contributed by atoms with Gasteiger partial charge in [0.15, 0.2) is 0 Å². The van der Waals surface area contributed by atoms with Crippen molar-refractivity contribution < 1.29 is 4.74 Å². The van der Waals surface area contributed by atoms with Gasteiger partial charge in [0, 0.05) is 19.2 Å². The number of rotatable bonds is 6. The molecule has 0 bridgehead atoms. The van der Waals surface area contributed by atoms with Crippen molar-refractivity contribution in [3.63, 3.8) is 0 Å². The molecule has 0 N–H and O–H groups in total. The molecule has 0 aliphatic heterocycles. The Morgan fingerprint density at radius 1 is 1.52 bits per heavy atom. The molecule has 0 aromatic rings. The number of ether oxygens (including phenoxy) is 1. The van der Waals surface area contributed by atoms with Crippen molar-refractivity contribution in [2.45, 2.75) is 26.4 Å². The first-order chi connectivity index (χ1) is 10.00. The molecule has 0 saturated carbocycles. The molecule has 4 atom stereocenters. The number of methoxy groups -OCH3 is 1. The molecule has 0 radical (unpaired) electrons. The highest BCUT2D eigenvalue weighted by atomic mass is 16.5. The number of hydrogen-bond donors (Lipinski definition) is 0. The Hall–Kier alpha value is -1.92. The van der Waals surface area contributed by atoms with Crippen molar-refractivity contribution in [3.05, 3.63) is 48.2 Å². The lowest BCUT2D eigenvalue weighted by Gasteiger charge is -2.39. The first-order valence-corrected chi connectivity index (χ1v) is 7.10. The Morgan fingerprint density at radius 2 is 2.24 bits per heavy atom. The standard InChI is InChI=1S/C18H24N2O/c1-14(9-8-12-20-4)16(13-19)15(2)17-10-6-7-11-18(17,3)21-5/h6-12,15-17H,4H2,1-3,5H3. The van der Waals surface area contributed by atoms with Crippen LogP contribution < -0.4 is 0 Å². The van der Waals surface area contributed by atoms with Gasteiger partial charge in [0.1, 0.15) is 0 Å². The minimum Gasteiger partial charge on any atom is -0.374 e. The molecule has 0 spiro atoms. The van der Waals surface area contributed by atoms with Crippen molar-refractivity contribution in [1.82, 2.24) is 0 Å². The summed E-state index contributed by atoms with van der Waals surface area (Å²) in [6.07, 6.45) is 13.6. The average Bonchev–Trinajstić information content (AvgIpc) is 2.48. The van der Waals surface area contributed by atoms with Gasteiger partial charge in [-0.2, -0.15) is 5.26 Å². The summed E-state index contributed by atoms with van der Waals surface area (Å²) >= 11 is 0. The van der Waals surface area contributed by atoms with Crippen LogP contribution in [0.15, 0.2) is 53.2 Å². The summed E-state index contributed by atoms with van der Waals surface area (Å²) in [7, 11) is 1.71. The zero-order chi connectivity index (χ0) is 15.9. The summed E-state index contributed by atoms with van der Waals surface area (Å²) < 4.78 is 5.68. The maximum atomic E-state index is 9.56. The molecule has 0 aromatic heterocycles. The minimum absolute atomic E-state index is 0.141. The van der Waals surface area contributed by atoms with E-state index >= 15 is 0 Å². The summed E-state index contributed by atoms with van der Waals surface area (Å²) in [4.78, 5) is 3.67. The van der Waals surface area contributed by atoms with Gasteiger partial charge in [-0.15, -0.1) is 0 Å². The first kappa shape index (κ1) is 17.1. The predicted molar refractivity (Wildman–Crippen MR) is 87.9 cm³/mol. The van der Waals surface area contributed by atoms with E-state index in [9.17, 15) is 5.26 Å². The van der Waals surface area contributed by atoms with Gasteiger partial charge in [0.25, 0.3) is 0 Å². The largest absolute Gasteiger partial charge is 0.374 e. The van der Waals surface area contributed by atoms with Crippen molar-refractivity contribution in [1.29, 1.82) is 5.26 Å². The molecule has 3 nitrogen and oxygen atoms in total. The second kappa shape index (κ2) is 7.75. The molecule has 0 saturated heterocycles. The second-order valence-corrected chi connectivity index (χ2v) is 5.56. The second-order valence-electron chi connectivity index (χ2n) is 5.56. The van der Waals surface area contributed by atoms with Crippen LogP contribution in [-0.2, 0) is 4.74 Å². The van der Waals surface area contributed by atoms with Crippen LogP contribution in [0.3, 0.4) is 0 Å². The molecular weight excluding hydrogens is 260 g/mol. The molecule has 3 heteroatoms. The van der Waals surface area contributed by atoms with Crippen LogP contribution in [0, 0.1) is 29.1 Å². The molecule has 1 aliphatic rings. The van der Waals surface area contributed by atoms with Gasteiger partial charge in [-0.1, -0.05) is 42.9 Å². The smallest absolute Gasteiger partial charge is 0.0899 e. The summed E-state index contributed by atoms with van der Waals surface area (Å²) in [5.74, 6) is 0.125. The average molecular weight is 284 g/mol. The quantitative estimate of drug-likeness (QED) is 0.545. The highest BCUT2D eigenvalue weighted by Crippen LogP contribution is 2.38. The molecule has 112 valence electrons. The maximum Gasteiger partial charge on any atom is 0.0899 e. The van der Waals surface area contributed by atoms with Crippen molar-refractivity contribution >= 4 is 6.72 Å². The molecule has 0 heterocycles. The topological polar surface area (TPSA) is 45.4 Å². The third-order valence-electron chi connectivity index (χ3n) is 4.23. The number of allylic oxidation sites excluding steroid dienone is 5. The summed E-state index contributed by atoms with van der Waals surface area (Å²) in [6, 6.07) is 2.43. The van der Waals surface area contributed by atoms with Crippen LogP contribution in [0.1, 0.15) is 20.8 Å². The van der Waals surface area contributed by atoms with Crippen LogP contribution in [-0.4, -0.2) is 19.4 Å². The lowest BCUT2D eigenvalue weighted by molar-refractivity contribution is -0.00858. The lowest BCUT2D eigenvalue weighted by atomic mass is 9.71. The fourth-order valence-electron chi connectivity index (χ4n) is 2.83. The summed E-state index contributed by atoms with van der Waals surface area (Å²) in [5.41, 5.74) is 0.647. The fraction of sp³-hybridized carbons (Fsp3) is 0.444. The van der Waals surface area contributed by atoms with Gasteiger partial charge in [-0.3, -0.25) is 4.99 Å². The monoisotopic (exact) mass is 284 g/mol. The van der Waals surface area contributed by atoms with Crippen molar-refractivity contribution in [2.24, 2.45) is 22.7 Å². The van der Waals surface area contributed by atoms with Crippen LogP contribution in [0.4, 0.5) is 0 Å². The Balaban J connectivity index is 3.01. The van der Waals surface area contributed by atoms with Crippen LogP contribution in [0.25, 0.3) is 0 Å². The molecule has 1 aliphatic carbocycles. The predicted octanol–water partition coefficient (Wildman–Crippen LogP) is 4.07. The van der Waals surface area contributed by atoms with Gasteiger partial charge in [-0.05, 0) is 32.6 Å². The molecular formula is C18H24N2O. The van der Waals surface area contributed by atoms with Crippen molar-refractivity contribution in [2.75, 3.05) is 7.11 Å². The number of nitriles is 1. The van der Waals surface area contributed by atoms with E-state index in [0.29, 0.717) is 0 Å². The Morgan fingerprint density at radius 3 is 2.81 bits per heavy atom. The van der Waals surface area contributed by atoms with E-state index in [-0.39, 0.29) is 23.4 Å². The summed E-state index contributed by atoms with van der Waals surface area (Å²) in [5, 5.41) is 9.56. The van der Waals surface area contributed by atoms with E-state index in [0.717, 1.165) is 5.57 Å². The molecule has 1 rings (SSSR count). The van der Waals surface area contributed by atoms with Gasteiger partial charge < -0.3 is 4.74 Å². The highest BCUT2D eigenvalue weighted by Gasteiger charge is 2.38. The molecule has 0 amide bonds. The van der Waals surface area contributed by atoms with Crippen LogP contribution in [0.2, 0.25) is 0 Å². The fourth-order valence-corrected chi connectivity index (χ4v) is 2.83. The number of hydrogen-bond acceptors (Lipinski definition) is 3. The molecule has 21 heavy (non-hydrogen) atoms. The third kappa shape index (κ3) is 4.03. The lowest BCUT2D eigenvalue weighted by Crippen LogP contribution is -2.40. The van der Waals surface area contributed by atoms with Gasteiger partial charge in [-0.25, -0.2) is 0 Å². The zero-order valence-electron chi connectivity index (χ0n) is 13.3. The van der Waals surface area contributed by atoms with Gasteiger partial charge >= 0.3 is 0 Å². The van der Waals surface area contributed by atoms with Crippen LogP contribution >= 0.6 is 0 Å². The van der Waals surface area contributed by atoms with E-state index in [1.165, 1.54) is 0 Å². The maximum absolute atomic E-state index is 9.56. The Kier molecular flexibility index (Phi) is 6.33.